The number of ether oxygens (including phenoxy) is 1. The Morgan fingerprint density at radius 3 is 1.89 bits per heavy atom. The predicted molar refractivity (Wildman–Crippen MR) is 202 cm³/mol. The number of ketones is 1. The summed E-state index contributed by atoms with van der Waals surface area (Å²) in [5.41, 5.74) is 9.52. The Bertz CT molecular complexity index is 1470. The second-order valence-electron chi connectivity index (χ2n) is 13.7. The van der Waals surface area contributed by atoms with Gasteiger partial charge >= 0.3 is 18.0 Å². The summed E-state index contributed by atoms with van der Waals surface area (Å²) in [5.74, 6) is -7.42. The van der Waals surface area contributed by atoms with E-state index in [1.54, 1.807) is 30.3 Å². The second-order valence-corrected chi connectivity index (χ2v) is 13.7. The van der Waals surface area contributed by atoms with Crippen molar-refractivity contribution in [2.75, 3.05) is 0 Å². The highest BCUT2D eigenvalue weighted by molar-refractivity contribution is 6.07. The molecular weight excluding hydrogens is 716 g/mol. The minimum Gasteiger partial charge on any atom is -0.480 e. The molecular formula is C38H60N6O11. The normalized spacial score (nSPS) is 14.4. The first-order valence-corrected chi connectivity index (χ1v) is 18.9. The van der Waals surface area contributed by atoms with Crippen LogP contribution in [0.5, 0.6) is 0 Å². The molecule has 0 spiro atoms. The Hall–Kier alpha value is -5.06. The fraction of sp³-hybridized carbons (Fsp3) is 0.632. The lowest BCUT2D eigenvalue weighted by molar-refractivity contribution is -0.149. The summed E-state index contributed by atoms with van der Waals surface area (Å²) >= 11 is 0. The van der Waals surface area contributed by atoms with E-state index < -0.39 is 90.5 Å². The maximum atomic E-state index is 13.1. The first kappa shape index (κ1) is 46.1. The second kappa shape index (κ2) is 25.9. The van der Waals surface area contributed by atoms with Crippen molar-refractivity contribution in [2.24, 2.45) is 11.5 Å². The first-order chi connectivity index (χ1) is 26.4. The Kier molecular flexibility index (Phi) is 21.7. The Morgan fingerprint density at radius 1 is 0.764 bits per heavy atom. The Morgan fingerprint density at radius 2 is 1.33 bits per heavy atom. The van der Waals surface area contributed by atoms with Crippen LogP contribution >= 0.6 is 0 Å². The van der Waals surface area contributed by atoms with Crippen LogP contribution in [0.4, 0.5) is 4.79 Å². The lowest BCUT2D eigenvalue weighted by Gasteiger charge is -2.25. The van der Waals surface area contributed by atoms with E-state index in [0.717, 1.165) is 25.7 Å². The minimum absolute atomic E-state index is 0.152. The van der Waals surface area contributed by atoms with Crippen LogP contribution in [-0.2, 0) is 44.9 Å². The summed E-state index contributed by atoms with van der Waals surface area (Å²) in [6.45, 7) is 4.61. The Labute approximate surface area is 323 Å². The average molecular weight is 778 g/mol. The van der Waals surface area contributed by atoms with Crippen molar-refractivity contribution in [3.05, 3.63) is 35.9 Å². The van der Waals surface area contributed by atoms with Gasteiger partial charge in [0.05, 0.1) is 0 Å². The van der Waals surface area contributed by atoms with Crippen LogP contribution in [0.15, 0.2) is 30.3 Å². The van der Waals surface area contributed by atoms with Crippen molar-refractivity contribution in [2.45, 2.75) is 153 Å². The van der Waals surface area contributed by atoms with Crippen LogP contribution in [0, 0.1) is 0 Å². The molecule has 0 saturated carbocycles. The fourth-order valence-corrected chi connectivity index (χ4v) is 5.53. The van der Waals surface area contributed by atoms with E-state index in [1.807, 2.05) is 0 Å². The van der Waals surface area contributed by atoms with Gasteiger partial charge in [-0.1, -0.05) is 88.6 Å². The highest BCUT2D eigenvalue weighted by Crippen LogP contribution is 2.19. The van der Waals surface area contributed by atoms with Gasteiger partial charge in [0, 0.05) is 12.8 Å². The number of carboxylic acids is 2. The molecule has 0 aliphatic rings. The van der Waals surface area contributed by atoms with Crippen LogP contribution < -0.4 is 32.7 Å². The molecule has 308 valence electrons. The van der Waals surface area contributed by atoms with Gasteiger partial charge < -0.3 is 47.7 Å². The molecule has 1 aromatic rings. The molecule has 1 aromatic carbocycles. The van der Waals surface area contributed by atoms with E-state index in [0.29, 0.717) is 12.0 Å². The molecule has 17 nitrogen and oxygen atoms in total. The van der Waals surface area contributed by atoms with Gasteiger partial charge in [-0.2, -0.15) is 0 Å². The Balaban J connectivity index is 2.64. The van der Waals surface area contributed by atoms with Gasteiger partial charge in [0.15, 0.2) is 12.7 Å². The number of carboxylic acid groups (broad SMARTS) is 2. The lowest BCUT2D eigenvalue weighted by Crippen LogP contribution is -2.56. The molecule has 0 bridgehead atoms. The zero-order valence-corrected chi connectivity index (χ0v) is 32.2. The number of benzene rings is 1. The van der Waals surface area contributed by atoms with Gasteiger partial charge in [0.1, 0.15) is 30.8 Å². The highest BCUT2D eigenvalue weighted by Gasteiger charge is 2.42. The van der Waals surface area contributed by atoms with Crippen molar-refractivity contribution >= 4 is 47.4 Å². The third-order valence-electron chi connectivity index (χ3n) is 9.04. The minimum atomic E-state index is -2.52. The third-order valence-corrected chi connectivity index (χ3v) is 9.04. The quantitative estimate of drug-likeness (QED) is 0.0430. The largest absolute Gasteiger partial charge is 0.480 e. The summed E-state index contributed by atoms with van der Waals surface area (Å²) in [5, 5.41) is 26.9. The maximum Gasteiger partial charge on any atom is 0.408 e. The van der Waals surface area contributed by atoms with Crippen LogP contribution in [-0.4, -0.2) is 87.4 Å². The zero-order valence-electron chi connectivity index (χ0n) is 33.2. The lowest BCUT2D eigenvalue weighted by atomic mass is 9.85. The molecule has 0 fully saturated rings. The van der Waals surface area contributed by atoms with Crippen LogP contribution in [0.2, 0.25) is 1.41 Å². The molecule has 10 N–H and O–H groups in total. The van der Waals surface area contributed by atoms with E-state index in [-0.39, 0.29) is 37.1 Å². The van der Waals surface area contributed by atoms with Gasteiger partial charge in [-0.3, -0.25) is 24.0 Å². The van der Waals surface area contributed by atoms with Crippen LogP contribution in [0.3, 0.4) is 0 Å². The molecule has 0 aliphatic carbocycles. The van der Waals surface area contributed by atoms with Crippen molar-refractivity contribution in [3.8, 4) is 0 Å². The van der Waals surface area contributed by atoms with Crippen molar-refractivity contribution in [1.29, 1.82) is 0 Å². The molecule has 5 atom stereocenters. The first-order valence-electron chi connectivity index (χ1n) is 19.4. The fourth-order valence-electron chi connectivity index (χ4n) is 5.53. The molecule has 0 radical (unpaired) electrons. The average Bonchev–Trinajstić information content (AvgIpc) is 3.16. The number of amides is 5. The molecule has 0 saturated heterocycles. The summed E-state index contributed by atoms with van der Waals surface area (Å²) in [6, 6.07) is 3.10. The van der Waals surface area contributed by atoms with Gasteiger partial charge in [0.2, 0.25) is 23.6 Å². The van der Waals surface area contributed by atoms with Gasteiger partial charge in [-0.05, 0) is 51.5 Å². The number of carbonyl (C=O) groups excluding carboxylic acids is 6. The number of nitrogens with two attached hydrogens (primary N) is 2. The number of aliphatic carboxylic acids is 2. The zero-order chi connectivity index (χ0) is 42.3. The monoisotopic (exact) mass is 777 g/mol. The van der Waals surface area contributed by atoms with E-state index in [1.165, 1.54) is 39.5 Å². The van der Waals surface area contributed by atoms with E-state index >= 15 is 0 Å². The van der Waals surface area contributed by atoms with Crippen molar-refractivity contribution in [3.63, 3.8) is 0 Å². The van der Waals surface area contributed by atoms with Gasteiger partial charge in [-0.25, -0.2) is 14.4 Å². The summed E-state index contributed by atoms with van der Waals surface area (Å²) in [4.78, 5) is 99.4. The molecule has 17 heteroatoms. The van der Waals surface area contributed by atoms with E-state index in [9.17, 15) is 48.6 Å². The smallest absolute Gasteiger partial charge is 0.408 e. The van der Waals surface area contributed by atoms with Crippen molar-refractivity contribution < 1.29 is 54.7 Å². The van der Waals surface area contributed by atoms with Crippen LogP contribution in [0.25, 0.3) is 0 Å². The summed E-state index contributed by atoms with van der Waals surface area (Å²) in [7, 11) is 0. The molecule has 5 amide bonds. The molecule has 0 heterocycles. The molecule has 0 aliphatic heterocycles. The molecule has 1 rings (SSSR count). The molecule has 2 unspecified atom stereocenters. The number of unbranched alkanes of at least 4 members (excludes halogenated alkanes) is 8. The number of primary amides is 1. The third kappa shape index (κ3) is 19.2. The number of rotatable bonds is 29. The number of hydrogen-bond donors (Lipinski definition) is 8. The standard InChI is InChI=1S/C38H60N6O11/c1-4-5-6-7-8-9-10-11-15-20-31(46)41-25(2)33(48)44-29(35(50)51)21-22-30(45)38(40,36(52)53)23-16-19-28(32(39)47)43-34(49)26(3)42-37(54)55-24-27-17-13-12-14-18-27/h12-14,17-18,25-26,28-29H,4-11,15-16,19-24,40H2,1-3H3,(H2,39,47)(H,41,46)(H,42,54)(H,43,49)(H,44,48)(H,50,51)(H,52,53)/t25-,26+,28?,29+,38?/m0/s1/i/hD. The maximum absolute atomic E-state index is 13.1. The van der Waals surface area contributed by atoms with Gasteiger partial charge in [-0.15, -0.1) is 0 Å². The highest BCUT2D eigenvalue weighted by atomic mass is 16.5. The topological polar surface area (TPSA) is 286 Å². The van der Waals surface area contributed by atoms with Crippen LogP contribution in [0.1, 0.15) is 123 Å². The van der Waals surface area contributed by atoms with Gasteiger partial charge in [0.25, 0.3) is 0 Å². The number of hydrogen-bond acceptors (Lipinski definition) is 10. The number of alkyl carbamates (subject to hydrolysis) is 1. The number of nitrogens with one attached hydrogen (secondary N) is 4. The number of Topliss-reactive ketones (excluding diaryl/α,β-unsaturated/α-hetero) is 1. The van der Waals surface area contributed by atoms with E-state index in [4.69, 9.17) is 17.6 Å². The molecule has 0 aromatic heterocycles. The SMILES string of the molecule is [2H]N(C(=O)OCc1ccccc1)[C@H](C)C(=O)NC(CCCC(N)(C(=O)O)C(=O)CC[C@@H](NC(=O)[C@H](C)NC(=O)CCCCCCCCCCC)C(=O)O)C(N)=O. The summed E-state index contributed by atoms with van der Waals surface area (Å²) < 4.78 is 13.0. The molecule has 55 heavy (non-hydrogen) atoms. The van der Waals surface area contributed by atoms with Crippen molar-refractivity contribution in [1.82, 2.24) is 21.3 Å². The summed E-state index contributed by atoms with van der Waals surface area (Å²) in [6.07, 6.45) is 6.50. The predicted octanol–water partition coefficient (Wildman–Crippen LogP) is 2.57. The van der Waals surface area contributed by atoms with E-state index in [2.05, 4.69) is 22.9 Å². The number of carbonyl (C=O) groups is 8.